The predicted molar refractivity (Wildman–Crippen MR) is 116 cm³/mol. The normalized spacial score (nSPS) is 12.1. The van der Waals surface area contributed by atoms with Crippen molar-refractivity contribution in [3.63, 3.8) is 0 Å². The molecule has 4 rings (SSSR count). The minimum absolute atomic E-state index is 0.0865. The molecule has 31 heavy (non-hydrogen) atoms. The van der Waals surface area contributed by atoms with Crippen LogP contribution in [0.4, 0.5) is 0 Å². The maximum Gasteiger partial charge on any atom is 0.231 e. The Labute approximate surface area is 180 Å². The van der Waals surface area contributed by atoms with Crippen LogP contribution in [0.25, 0.3) is 6.08 Å². The average Bonchev–Trinajstić information content (AvgIpc) is 3.29. The van der Waals surface area contributed by atoms with Crippen LogP contribution in [0.5, 0.6) is 28.7 Å². The number of benzene rings is 3. The number of fused-ring (bicyclic) bond motifs is 1. The Hall–Kier alpha value is -3.93. The minimum Gasteiger partial charge on any atom is -0.497 e. The van der Waals surface area contributed by atoms with Crippen molar-refractivity contribution in [3.05, 3.63) is 83.4 Å². The van der Waals surface area contributed by atoms with Gasteiger partial charge in [-0.15, -0.1) is 0 Å². The highest BCUT2D eigenvalue weighted by Crippen LogP contribution is 2.35. The van der Waals surface area contributed by atoms with Gasteiger partial charge in [0, 0.05) is 17.2 Å². The van der Waals surface area contributed by atoms with E-state index in [-0.39, 0.29) is 12.6 Å². The van der Waals surface area contributed by atoms with Crippen molar-refractivity contribution < 1.29 is 28.5 Å². The lowest BCUT2D eigenvalue weighted by atomic mass is 10.1. The van der Waals surface area contributed by atoms with Gasteiger partial charge in [-0.3, -0.25) is 4.79 Å². The second kappa shape index (κ2) is 9.26. The number of hydrogen-bond acceptors (Lipinski definition) is 6. The zero-order valence-corrected chi connectivity index (χ0v) is 17.3. The van der Waals surface area contributed by atoms with Gasteiger partial charge < -0.3 is 23.7 Å². The summed E-state index contributed by atoms with van der Waals surface area (Å²) in [6.07, 6.45) is 3.32. The van der Waals surface area contributed by atoms with E-state index in [1.807, 2.05) is 30.3 Å². The van der Waals surface area contributed by atoms with Crippen LogP contribution in [0, 0.1) is 0 Å². The minimum atomic E-state index is -0.0865. The number of methoxy groups -OCH3 is 2. The number of ether oxygens (including phenoxy) is 5. The fourth-order valence-corrected chi connectivity index (χ4v) is 3.17. The van der Waals surface area contributed by atoms with Crippen molar-refractivity contribution in [2.75, 3.05) is 21.0 Å². The Bertz CT molecular complexity index is 1100. The first kappa shape index (κ1) is 20.3. The monoisotopic (exact) mass is 418 g/mol. The van der Waals surface area contributed by atoms with E-state index in [2.05, 4.69) is 0 Å². The van der Waals surface area contributed by atoms with Crippen LogP contribution in [0.3, 0.4) is 0 Å². The van der Waals surface area contributed by atoms with E-state index in [4.69, 9.17) is 23.7 Å². The zero-order chi connectivity index (χ0) is 21.6. The molecule has 0 aliphatic carbocycles. The summed E-state index contributed by atoms with van der Waals surface area (Å²) in [6, 6.07) is 18.1. The summed E-state index contributed by atoms with van der Waals surface area (Å²) in [6.45, 7) is 0.521. The summed E-state index contributed by atoms with van der Waals surface area (Å²) in [5, 5.41) is 0. The molecule has 3 aromatic carbocycles. The Morgan fingerprint density at radius 2 is 1.68 bits per heavy atom. The fourth-order valence-electron chi connectivity index (χ4n) is 3.17. The van der Waals surface area contributed by atoms with Gasteiger partial charge in [0.2, 0.25) is 6.79 Å². The van der Waals surface area contributed by atoms with Crippen molar-refractivity contribution in [3.8, 4) is 28.7 Å². The van der Waals surface area contributed by atoms with Crippen LogP contribution < -0.4 is 23.7 Å². The van der Waals surface area contributed by atoms with Crippen LogP contribution >= 0.6 is 0 Å². The van der Waals surface area contributed by atoms with Crippen molar-refractivity contribution in [1.29, 1.82) is 0 Å². The van der Waals surface area contributed by atoms with Crippen molar-refractivity contribution in [2.45, 2.75) is 6.61 Å². The molecule has 1 aliphatic heterocycles. The molecule has 158 valence electrons. The van der Waals surface area contributed by atoms with Crippen LogP contribution in [0.1, 0.15) is 21.5 Å². The Kier molecular flexibility index (Phi) is 6.08. The molecule has 0 saturated carbocycles. The first-order chi connectivity index (χ1) is 15.2. The third kappa shape index (κ3) is 4.80. The molecule has 6 heteroatoms. The van der Waals surface area contributed by atoms with E-state index in [1.54, 1.807) is 56.7 Å². The van der Waals surface area contributed by atoms with E-state index in [9.17, 15) is 4.79 Å². The smallest absolute Gasteiger partial charge is 0.231 e. The van der Waals surface area contributed by atoms with Crippen molar-refractivity contribution >= 4 is 11.9 Å². The van der Waals surface area contributed by atoms with Gasteiger partial charge in [-0.2, -0.15) is 0 Å². The Morgan fingerprint density at radius 3 is 2.45 bits per heavy atom. The molecule has 0 spiro atoms. The molecule has 0 saturated heterocycles. The summed E-state index contributed by atoms with van der Waals surface area (Å²) < 4.78 is 27.2. The lowest BCUT2D eigenvalue weighted by molar-refractivity contribution is 0.104. The molecule has 1 aliphatic rings. The summed E-state index contributed by atoms with van der Waals surface area (Å²) in [5.74, 6) is 3.37. The van der Waals surface area contributed by atoms with Gasteiger partial charge >= 0.3 is 0 Å². The molecular formula is C25H22O6. The quantitative estimate of drug-likeness (QED) is 0.383. The van der Waals surface area contributed by atoms with Gasteiger partial charge in [0.15, 0.2) is 17.3 Å². The van der Waals surface area contributed by atoms with Gasteiger partial charge in [0.05, 0.1) is 14.2 Å². The van der Waals surface area contributed by atoms with Crippen LogP contribution in [-0.4, -0.2) is 26.8 Å². The number of allylic oxidation sites excluding steroid dienone is 1. The fraction of sp³-hybridized carbons (Fsp3) is 0.160. The van der Waals surface area contributed by atoms with Crippen LogP contribution in [0.15, 0.2) is 66.7 Å². The highest BCUT2D eigenvalue weighted by molar-refractivity contribution is 6.06. The van der Waals surface area contributed by atoms with E-state index >= 15 is 0 Å². The number of hydrogen-bond donors (Lipinski definition) is 0. The molecule has 0 unspecified atom stereocenters. The standard InChI is InChI=1S/C25H22O6/c1-27-20-7-5-18(6-8-20)22(26)10-3-17-4-11-23(28-2)19(13-17)15-29-21-9-12-24-25(14-21)31-16-30-24/h3-14H,15-16H2,1-2H3/b10-3+. The Morgan fingerprint density at radius 1 is 0.903 bits per heavy atom. The maximum absolute atomic E-state index is 12.4. The topological polar surface area (TPSA) is 63.2 Å². The first-order valence-corrected chi connectivity index (χ1v) is 9.72. The van der Waals surface area contributed by atoms with Crippen LogP contribution in [-0.2, 0) is 6.61 Å². The number of carbonyl (C=O) groups is 1. The highest BCUT2D eigenvalue weighted by Gasteiger charge is 2.14. The summed E-state index contributed by atoms with van der Waals surface area (Å²) >= 11 is 0. The molecule has 1 heterocycles. The molecule has 0 aromatic heterocycles. The summed E-state index contributed by atoms with van der Waals surface area (Å²) in [5.41, 5.74) is 2.32. The zero-order valence-electron chi connectivity index (χ0n) is 17.3. The molecule has 0 bridgehead atoms. The van der Waals surface area contributed by atoms with Crippen LogP contribution in [0.2, 0.25) is 0 Å². The largest absolute Gasteiger partial charge is 0.497 e. The van der Waals surface area contributed by atoms with E-state index in [0.717, 1.165) is 11.1 Å². The Balaban J connectivity index is 1.46. The number of ketones is 1. The predicted octanol–water partition coefficient (Wildman–Crippen LogP) is 4.91. The molecule has 0 fully saturated rings. The summed E-state index contributed by atoms with van der Waals surface area (Å²) in [7, 11) is 3.20. The number of rotatable bonds is 8. The molecule has 0 N–H and O–H groups in total. The van der Waals surface area contributed by atoms with Gasteiger partial charge in [0.25, 0.3) is 0 Å². The maximum atomic E-state index is 12.4. The number of carbonyl (C=O) groups excluding carboxylic acids is 1. The third-order valence-electron chi connectivity index (χ3n) is 4.84. The van der Waals surface area contributed by atoms with E-state index in [0.29, 0.717) is 40.9 Å². The SMILES string of the molecule is COc1ccc(C(=O)/C=C/c2ccc(OC)c(COc3ccc4c(c3)OCO4)c2)cc1. The third-order valence-corrected chi connectivity index (χ3v) is 4.84. The van der Waals surface area contributed by atoms with E-state index in [1.165, 1.54) is 0 Å². The van der Waals surface area contributed by atoms with Crippen molar-refractivity contribution in [1.82, 2.24) is 0 Å². The average molecular weight is 418 g/mol. The van der Waals surface area contributed by atoms with Gasteiger partial charge in [-0.25, -0.2) is 0 Å². The molecule has 3 aromatic rings. The molecular weight excluding hydrogens is 396 g/mol. The second-order valence-electron chi connectivity index (χ2n) is 6.80. The lowest BCUT2D eigenvalue weighted by Gasteiger charge is -2.11. The second-order valence-corrected chi connectivity index (χ2v) is 6.80. The van der Waals surface area contributed by atoms with Gasteiger partial charge in [-0.05, 0) is 60.2 Å². The van der Waals surface area contributed by atoms with Crippen molar-refractivity contribution in [2.24, 2.45) is 0 Å². The van der Waals surface area contributed by atoms with Gasteiger partial charge in [0.1, 0.15) is 23.9 Å². The van der Waals surface area contributed by atoms with E-state index < -0.39 is 0 Å². The summed E-state index contributed by atoms with van der Waals surface area (Å²) in [4.78, 5) is 12.4. The first-order valence-electron chi connectivity index (χ1n) is 9.72. The molecule has 6 nitrogen and oxygen atoms in total. The lowest BCUT2D eigenvalue weighted by Crippen LogP contribution is -1.99. The molecule has 0 amide bonds. The molecule has 0 atom stereocenters. The highest BCUT2D eigenvalue weighted by atomic mass is 16.7. The molecule has 0 radical (unpaired) electrons. The van der Waals surface area contributed by atoms with Gasteiger partial charge in [-0.1, -0.05) is 12.1 Å².